The molecule has 1 saturated heterocycles. The van der Waals surface area contributed by atoms with Gasteiger partial charge in [-0.15, -0.1) is 0 Å². The Morgan fingerprint density at radius 3 is 2.55 bits per heavy atom. The standard InChI is InChI=1S/C23H26N2O4/c1-4-17-7-9-19(10-8-17)24-21(26)14-29-23(28)18-12-22(27)25(13-18)20-11-15(2)5-6-16(20)3/h5-11,18H,4,12-14H2,1-3H3,(H,24,26)/t18-/m1/s1. The molecule has 1 fully saturated rings. The van der Waals surface area contributed by atoms with Crippen molar-refractivity contribution >= 4 is 29.2 Å². The third-order valence-electron chi connectivity index (χ3n) is 5.11. The number of hydrogen-bond donors (Lipinski definition) is 1. The predicted octanol–water partition coefficient (Wildman–Crippen LogP) is 3.40. The number of nitrogens with zero attached hydrogens (tertiary/aromatic N) is 1. The third kappa shape index (κ3) is 5.02. The predicted molar refractivity (Wildman–Crippen MR) is 112 cm³/mol. The summed E-state index contributed by atoms with van der Waals surface area (Å²) in [7, 11) is 0. The van der Waals surface area contributed by atoms with Gasteiger partial charge >= 0.3 is 5.97 Å². The molecule has 2 aromatic rings. The van der Waals surface area contributed by atoms with Crippen LogP contribution in [0.3, 0.4) is 0 Å². The Kier molecular flexibility index (Phi) is 6.32. The van der Waals surface area contributed by atoms with Crippen LogP contribution < -0.4 is 10.2 Å². The highest BCUT2D eigenvalue weighted by atomic mass is 16.5. The summed E-state index contributed by atoms with van der Waals surface area (Å²) in [6.07, 6.45) is 1.01. The minimum atomic E-state index is -0.570. The van der Waals surface area contributed by atoms with Crippen molar-refractivity contribution in [3.8, 4) is 0 Å². The molecular weight excluding hydrogens is 368 g/mol. The highest BCUT2D eigenvalue weighted by Gasteiger charge is 2.36. The molecule has 1 atom stereocenters. The van der Waals surface area contributed by atoms with E-state index < -0.39 is 17.8 Å². The van der Waals surface area contributed by atoms with Crippen LogP contribution in [0.4, 0.5) is 11.4 Å². The van der Waals surface area contributed by atoms with E-state index in [0.717, 1.165) is 23.2 Å². The summed E-state index contributed by atoms with van der Waals surface area (Å²) in [4.78, 5) is 38.5. The lowest BCUT2D eigenvalue weighted by Crippen LogP contribution is -2.28. The quantitative estimate of drug-likeness (QED) is 0.762. The zero-order chi connectivity index (χ0) is 21.0. The van der Waals surface area contributed by atoms with E-state index in [2.05, 4.69) is 12.2 Å². The smallest absolute Gasteiger partial charge is 0.311 e. The van der Waals surface area contributed by atoms with E-state index in [0.29, 0.717) is 5.69 Å². The van der Waals surface area contributed by atoms with Crippen LogP contribution in [0.15, 0.2) is 42.5 Å². The second-order valence-electron chi connectivity index (χ2n) is 7.40. The fraction of sp³-hybridized carbons (Fsp3) is 0.348. The molecule has 0 spiro atoms. The van der Waals surface area contributed by atoms with Gasteiger partial charge in [-0.25, -0.2) is 0 Å². The summed E-state index contributed by atoms with van der Waals surface area (Å²) in [6, 6.07) is 13.4. The summed E-state index contributed by atoms with van der Waals surface area (Å²) in [5, 5.41) is 2.70. The first-order valence-electron chi connectivity index (χ1n) is 9.80. The van der Waals surface area contributed by atoms with Crippen molar-refractivity contribution in [3.63, 3.8) is 0 Å². The fourth-order valence-electron chi connectivity index (χ4n) is 3.38. The van der Waals surface area contributed by atoms with Crippen LogP contribution in [0.1, 0.15) is 30.0 Å². The molecule has 152 valence electrons. The van der Waals surface area contributed by atoms with Gasteiger partial charge in [0.25, 0.3) is 5.91 Å². The average molecular weight is 394 g/mol. The maximum Gasteiger partial charge on any atom is 0.311 e. The summed E-state index contributed by atoms with van der Waals surface area (Å²) in [5.41, 5.74) is 4.67. The van der Waals surface area contributed by atoms with Crippen molar-refractivity contribution < 1.29 is 19.1 Å². The number of esters is 1. The second-order valence-corrected chi connectivity index (χ2v) is 7.40. The number of ether oxygens (including phenoxy) is 1. The lowest BCUT2D eigenvalue weighted by atomic mass is 10.1. The van der Waals surface area contributed by atoms with Gasteiger partial charge in [-0.2, -0.15) is 0 Å². The molecule has 6 nitrogen and oxygen atoms in total. The lowest BCUT2D eigenvalue weighted by Gasteiger charge is -2.19. The molecule has 0 bridgehead atoms. The molecule has 1 aliphatic rings. The van der Waals surface area contributed by atoms with Crippen molar-refractivity contribution in [3.05, 3.63) is 59.2 Å². The van der Waals surface area contributed by atoms with Crippen LogP contribution in [0, 0.1) is 19.8 Å². The van der Waals surface area contributed by atoms with Crippen molar-refractivity contribution in [2.24, 2.45) is 5.92 Å². The Morgan fingerprint density at radius 1 is 1.14 bits per heavy atom. The number of nitrogens with one attached hydrogen (secondary N) is 1. The van der Waals surface area contributed by atoms with Crippen LogP contribution in [0.5, 0.6) is 0 Å². The van der Waals surface area contributed by atoms with Gasteiger partial charge in [0.2, 0.25) is 5.91 Å². The number of carbonyl (C=O) groups excluding carboxylic acids is 3. The second kappa shape index (κ2) is 8.90. The summed E-state index contributed by atoms with van der Waals surface area (Å²) >= 11 is 0. The van der Waals surface area contributed by atoms with Gasteiger partial charge in [0.1, 0.15) is 0 Å². The molecule has 6 heteroatoms. The van der Waals surface area contributed by atoms with E-state index in [4.69, 9.17) is 4.74 Å². The molecular formula is C23H26N2O4. The number of anilines is 2. The number of amides is 2. The normalized spacial score (nSPS) is 16.0. The van der Waals surface area contributed by atoms with Crippen molar-refractivity contribution in [1.29, 1.82) is 0 Å². The van der Waals surface area contributed by atoms with Gasteiger partial charge in [-0.3, -0.25) is 14.4 Å². The first-order valence-corrected chi connectivity index (χ1v) is 9.80. The van der Waals surface area contributed by atoms with E-state index in [1.807, 2.05) is 56.3 Å². The van der Waals surface area contributed by atoms with Gasteiger partial charge in [-0.1, -0.05) is 31.2 Å². The van der Waals surface area contributed by atoms with Crippen LogP contribution in [-0.4, -0.2) is 30.9 Å². The van der Waals surface area contributed by atoms with E-state index >= 15 is 0 Å². The Morgan fingerprint density at radius 2 is 1.86 bits per heavy atom. The SMILES string of the molecule is CCc1ccc(NC(=O)COC(=O)[C@@H]2CC(=O)N(c3cc(C)ccc3C)C2)cc1. The number of carbonyl (C=O) groups is 3. The number of hydrogen-bond acceptors (Lipinski definition) is 4. The van der Waals surface area contributed by atoms with Crippen LogP contribution in [-0.2, 0) is 25.5 Å². The summed E-state index contributed by atoms with van der Waals surface area (Å²) < 4.78 is 5.16. The highest BCUT2D eigenvalue weighted by Crippen LogP contribution is 2.29. The van der Waals surface area contributed by atoms with Gasteiger partial charge in [0, 0.05) is 24.3 Å². The molecule has 0 saturated carbocycles. The molecule has 0 aliphatic carbocycles. The van der Waals surface area contributed by atoms with Gasteiger partial charge < -0.3 is 15.0 Å². The molecule has 1 aliphatic heterocycles. The summed E-state index contributed by atoms with van der Waals surface area (Å²) in [6.45, 7) is 5.85. The van der Waals surface area contributed by atoms with Crippen molar-refractivity contribution in [2.75, 3.05) is 23.4 Å². The highest BCUT2D eigenvalue weighted by molar-refractivity contribution is 6.00. The Labute approximate surface area is 170 Å². The molecule has 2 aromatic carbocycles. The topological polar surface area (TPSA) is 75.7 Å². The molecule has 3 rings (SSSR count). The Hall–Kier alpha value is -3.15. The third-order valence-corrected chi connectivity index (χ3v) is 5.11. The number of rotatable bonds is 6. The molecule has 29 heavy (non-hydrogen) atoms. The average Bonchev–Trinajstić information content (AvgIpc) is 3.10. The lowest BCUT2D eigenvalue weighted by molar-refractivity contribution is -0.151. The number of benzene rings is 2. The van der Waals surface area contributed by atoms with E-state index in [1.165, 1.54) is 5.56 Å². The molecule has 0 unspecified atom stereocenters. The maximum absolute atomic E-state index is 12.4. The van der Waals surface area contributed by atoms with E-state index in [-0.39, 0.29) is 25.5 Å². The van der Waals surface area contributed by atoms with Gasteiger partial charge in [-0.05, 0) is 55.2 Å². The van der Waals surface area contributed by atoms with Crippen molar-refractivity contribution in [2.45, 2.75) is 33.6 Å². The zero-order valence-electron chi connectivity index (χ0n) is 17.0. The van der Waals surface area contributed by atoms with Crippen LogP contribution >= 0.6 is 0 Å². The minimum Gasteiger partial charge on any atom is -0.455 e. The van der Waals surface area contributed by atoms with Gasteiger partial charge in [0.05, 0.1) is 5.92 Å². The van der Waals surface area contributed by atoms with Crippen LogP contribution in [0.25, 0.3) is 0 Å². The van der Waals surface area contributed by atoms with E-state index in [9.17, 15) is 14.4 Å². The molecule has 1 N–H and O–H groups in total. The van der Waals surface area contributed by atoms with E-state index in [1.54, 1.807) is 4.90 Å². The largest absolute Gasteiger partial charge is 0.455 e. The van der Waals surface area contributed by atoms with Crippen molar-refractivity contribution in [1.82, 2.24) is 0 Å². The van der Waals surface area contributed by atoms with Crippen LogP contribution in [0.2, 0.25) is 0 Å². The minimum absolute atomic E-state index is 0.0896. The molecule has 0 radical (unpaired) electrons. The molecule has 2 amide bonds. The monoisotopic (exact) mass is 394 g/mol. The molecule has 0 aromatic heterocycles. The first-order chi connectivity index (χ1) is 13.9. The Balaban J connectivity index is 1.53. The fourth-order valence-corrected chi connectivity index (χ4v) is 3.38. The first kappa shape index (κ1) is 20.6. The molecule has 1 heterocycles. The maximum atomic E-state index is 12.4. The number of aryl methyl sites for hydroxylation is 3. The zero-order valence-corrected chi connectivity index (χ0v) is 17.0. The Bertz CT molecular complexity index is 921. The summed E-state index contributed by atoms with van der Waals surface area (Å²) in [5.74, 6) is -1.61. The van der Waals surface area contributed by atoms with Gasteiger partial charge in [0.15, 0.2) is 6.61 Å².